The summed E-state index contributed by atoms with van der Waals surface area (Å²) in [5.41, 5.74) is 2.01. The van der Waals surface area contributed by atoms with Crippen molar-refractivity contribution in [3.05, 3.63) is 89.5 Å². The number of benzene rings is 2. The van der Waals surface area contributed by atoms with Crippen LogP contribution in [0.4, 0.5) is 5.69 Å². The molecule has 0 bridgehead atoms. The van der Waals surface area contributed by atoms with Crippen LogP contribution in [0.1, 0.15) is 54.9 Å². The number of unbranched alkanes of at least 4 members (excludes halogenated alkanes) is 2. The van der Waals surface area contributed by atoms with Gasteiger partial charge in [0.05, 0.1) is 18.6 Å². The number of allylic oxidation sites excluding steroid dienone is 1. The summed E-state index contributed by atoms with van der Waals surface area (Å²) in [6.07, 6.45) is 8.12. The topological polar surface area (TPSA) is 125 Å². The lowest BCUT2D eigenvalue weighted by Gasteiger charge is -2.35. The van der Waals surface area contributed by atoms with Crippen LogP contribution in [-0.2, 0) is 28.7 Å². The summed E-state index contributed by atoms with van der Waals surface area (Å²) in [6, 6.07) is 14.1. The van der Waals surface area contributed by atoms with Crippen LogP contribution in [-0.4, -0.2) is 77.7 Å². The molecule has 2 aromatic carbocycles. The second-order valence-electron chi connectivity index (χ2n) is 12.9. The van der Waals surface area contributed by atoms with Gasteiger partial charge in [0.15, 0.2) is 0 Å². The van der Waals surface area contributed by atoms with E-state index in [1.54, 1.807) is 22.0 Å². The molecule has 2 fully saturated rings. The average molecular weight is 642 g/mol. The van der Waals surface area contributed by atoms with Gasteiger partial charge in [-0.05, 0) is 62.3 Å². The van der Waals surface area contributed by atoms with E-state index in [1.807, 2.05) is 74.5 Å². The molecule has 3 amide bonds. The number of carbonyl (C=O) groups excluding carboxylic acids is 4. The van der Waals surface area contributed by atoms with Crippen LogP contribution in [0, 0.1) is 25.7 Å². The summed E-state index contributed by atoms with van der Waals surface area (Å²) in [5, 5.41) is 12.2. The fourth-order valence-corrected chi connectivity index (χ4v) is 7.44. The Labute approximate surface area is 275 Å². The van der Waals surface area contributed by atoms with Crippen molar-refractivity contribution in [2.24, 2.45) is 11.8 Å². The monoisotopic (exact) mass is 641 g/mol. The van der Waals surface area contributed by atoms with Gasteiger partial charge in [0, 0.05) is 31.8 Å². The Morgan fingerprint density at radius 3 is 2.57 bits per heavy atom. The van der Waals surface area contributed by atoms with Gasteiger partial charge in [-0.2, -0.15) is 0 Å². The van der Waals surface area contributed by atoms with Crippen molar-refractivity contribution >= 4 is 29.4 Å². The molecule has 0 aromatic heterocycles. The van der Waals surface area contributed by atoms with Crippen molar-refractivity contribution < 1.29 is 33.8 Å². The molecule has 248 valence electrons. The summed E-state index contributed by atoms with van der Waals surface area (Å²) in [7, 11) is 0. The van der Waals surface area contributed by atoms with Crippen LogP contribution >= 0.6 is 0 Å². The minimum Gasteiger partial charge on any atom is -0.455 e. The van der Waals surface area contributed by atoms with E-state index in [0.29, 0.717) is 31.2 Å². The Bertz CT molecular complexity index is 1570. The molecule has 0 radical (unpaired) electrons. The second-order valence-corrected chi connectivity index (χ2v) is 12.9. The van der Waals surface area contributed by atoms with E-state index in [0.717, 1.165) is 16.8 Å². The van der Waals surface area contributed by atoms with Gasteiger partial charge >= 0.3 is 5.97 Å². The first-order valence-corrected chi connectivity index (χ1v) is 16.6. The van der Waals surface area contributed by atoms with Crippen molar-refractivity contribution in [3.63, 3.8) is 0 Å². The molecular formula is C37H43N3O7. The molecule has 0 saturated carbocycles. The number of hydrogen-bond acceptors (Lipinski definition) is 7. The molecule has 47 heavy (non-hydrogen) atoms. The molecule has 0 unspecified atom stereocenters. The Balaban J connectivity index is 1.42. The van der Waals surface area contributed by atoms with Crippen molar-refractivity contribution in [1.29, 1.82) is 0 Å². The van der Waals surface area contributed by atoms with E-state index in [2.05, 4.69) is 5.32 Å². The zero-order valence-electron chi connectivity index (χ0n) is 27.0. The molecule has 10 heteroatoms. The Morgan fingerprint density at radius 2 is 1.79 bits per heavy atom. The van der Waals surface area contributed by atoms with Crippen LogP contribution in [0.5, 0.6) is 0 Å². The number of carbonyl (C=O) groups is 4. The van der Waals surface area contributed by atoms with E-state index >= 15 is 0 Å². The smallest absolute Gasteiger partial charge is 0.313 e. The number of amides is 3. The molecule has 1 spiro atoms. The molecule has 2 N–H and O–H groups in total. The van der Waals surface area contributed by atoms with Gasteiger partial charge in [-0.15, -0.1) is 0 Å². The number of nitrogens with one attached hydrogen (secondary N) is 1. The number of hydrogen-bond donors (Lipinski definition) is 2. The highest BCUT2D eigenvalue weighted by molar-refractivity contribution is 6.06. The molecule has 4 aliphatic heterocycles. The third-order valence-corrected chi connectivity index (χ3v) is 9.76. The normalized spacial score (nSPS) is 30.0. The van der Waals surface area contributed by atoms with Crippen LogP contribution in [0.2, 0.25) is 0 Å². The van der Waals surface area contributed by atoms with Crippen LogP contribution in [0.15, 0.2) is 72.8 Å². The Kier molecular flexibility index (Phi) is 9.61. The molecule has 6 rings (SSSR count). The number of esters is 1. The maximum atomic E-state index is 14.8. The lowest BCUT2D eigenvalue weighted by atomic mass is 9.77. The number of ether oxygens (including phenoxy) is 2. The number of nitrogens with zero attached hydrogens (tertiary/aromatic N) is 2. The zero-order valence-corrected chi connectivity index (χ0v) is 27.0. The predicted molar refractivity (Wildman–Crippen MR) is 175 cm³/mol. The number of cyclic esters (lactones) is 1. The molecule has 6 atom stereocenters. The Hall–Kier alpha value is -4.28. The van der Waals surface area contributed by atoms with Gasteiger partial charge in [-0.3, -0.25) is 19.2 Å². The van der Waals surface area contributed by atoms with Gasteiger partial charge in [-0.25, -0.2) is 0 Å². The van der Waals surface area contributed by atoms with Gasteiger partial charge in [0.1, 0.15) is 23.7 Å². The van der Waals surface area contributed by atoms with Crippen molar-refractivity contribution in [2.45, 2.75) is 69.8 Å². The lowest BCUT2D eigenvalue weighted by molar-refractivity contribution is -0.159. The summed E-state index contributed by atoms with van der Waals surface area (Å²) >= 11 is 0. The maximum Gasteiger partial charge on any atom is 0.313 e. The van der Waals surface area contributed by atoms with Gasteiger partial charge in [0.25, 0.3) is 5.91 Å². The molecule has 4 aliphatic rings. The van der Waals surface area contributed by atoms with E-state index < -0.39 is 41.7 Å². The van der Waals surface area contributed by atoms with Crippen LogP contribution < -0.4 is 10.2 Å². The fraction of sp³-hybridized carbons (Fsp3) is 0.459. The minimum atomic E-state index is -1.41. The van der Waals surface area contributed by atoms with E-state index in [1.165, 1.54) is 0 Å². The minimum absolute atomic E-state index is 0.0418. The molecule has 2 saturated heterocycles. The first kappa shape index (κ1) is 32.7. The first-order valence-electron chi connectivity index (χ1n) is 16.6. The number of aliphatic hydroxyl groups excluding tert-OH is 1. The van der Waals surface area contributed by atoms with E-state index in [4.69, 9.17) is 9.47 Å². The SMILES string of the molecule is Cc1ccc(C)c(N2CC=C[C@@]34O[C@H]5/C=C\CCC(=O)NC[C@H](c6ccccc6)OC(=O)[C@H]5[C@@H]3C(=O)N(CCCCCO)[C@H]4C2=O)c1. The highest BCUT2D eigenvalue weighted by atomic mass is 16.6. The molecule has 10 nitrogen and oxygen atoms in total. The quantitative estimate of drug-likeness (QED) is 0.268. The lowest BCUT2D eigenvalue weighted by Crippen LogP contribution is -2.55. The summed E-state index contributed by atoms with van der Waals surface area (Å²) in [5.74, 6) is -3.39. The third kappa shape index (κ3) is 6.24. The van der Waals surface area contributed by atoms with Crippen molar-refractivity contribution in [1.82, 2.24) is 10.2 Å². The van der Waals surface area contributed by atoms with E-state index in [-0.39, 0.29) is 50.4 Å². The fourth-order valence-electron chi connectivity index (χ4n) is 7.44. The van der Waals surface area contributed by atoms with Crippen molar-refractivity contribution in [2.75, 3.05) is 31.1 Å². The summed E-state index contributed by atoms with van der Waals surface area (Å²) in [4.78, 5) is 59.6. The number of aryl methyl sites for hydroxylation is 2. The van der Waals surface area contributed by atoms with Crippen LogP contribution in [0.25, 0.3) is 0 Å². The first-order chi connectivity index (χ1) is 22.7. The van der Waals surface area contributed by atoms with Gasteiger partial charge in [-0.1, -0.05) is 66.8 Å². The zero-order chi connectivity index (χ0) is 33.1. The number of fused-ring (bicyclic) bond motifs is 2. The second kappa shape index (κ2) is 13.8. The summed E-state index contributed by atoms with van der Waals surface area (Å²) in [6.45, 7) is 4.62. The number of rotatable bonds is 7. The van der Waals surface area contributed by atoms with Crippen LogP contribution in [0.3, 0.4) is 0 Å². The third-order valence-electron chi connectivity index (χ3n) is 9.76. The highest BCUT2D eigenvalue weighted by Crippen LogP contribution is 2.53. The molecule has 0 aliphatic carbocycles. The number of anilines is 1. The number of likely N-dealkylation sites (tertiary alicyclic amines) is 1. The number of aliphatic hydroxyl groups is 1. The largest absolute Gasteiger partial charge is 0.455 e. The van der Waals surface area contributed by atoms with E-state index in [9.17, 15) is 24.3 Å². The van der Waals surface area contributed by atoms with Gasteiger partial charge < -0.3 is 29.7 Å². The molecule has 2 aromatic rings. The van der Waals surface area contributed by atoms with Crippen molar-refractivity contribution in [3.8, 4) is 0 Å². The molecule has 4 heterocycles. The molecular weight excluding hydrogens is 598 g/mol. The average Bonchev–Trinajstić information content (AvgIpc) is 3.45. The predicted octanol–water partition coefficient (Wildman–Crippen LogP) is 3.70. The Morgan fingerprint density at radius 1 is 0.979 bits per heavy atom. The maximum absolute atomic E-state index is 14.8. The van der Waals surface area contributed by atoms with Gasteiger partial charge in [0.2, 0.25) is 11.8 Å². The standard InChI is InChI=1S/C37H43N3O7/c1-24-16-17-25(2)27(22-24)39-20-11-18-37-32(34(43)40(33(37)35(39)44)19-9-4-10-21-41)31-28(47-37)14-7-8-15-30(42)38-23-29(46-36(31)45)26-12-5-3-6-13-26/h3,5-7,11-14,16-18,22,28-29,31-33,41H,4,8-10,15,19-21,23H2,1-2H3,(H,38,42)/b14-7-/t28-,29+,31+,32+,33-,37+/m0/s1. The highest BCUT2D eigenvalue weighted by Gasteiger charge is 2.71. The summed E-state index contributed by atoms with van der Waals surface area (Å²) < 4.78 is 13.0.